The number of para-hydroxylation sites is 1. The lowest BCUT2D eigenvalue weighted by Crippen LogP contribution is -2.52. The topological polar surface area (TPSA) is 75.9 Å². The molecule has 1 fully saturated rings. The van der Waals surface area contributed by atoms with Crippen LogP contribution in [0.5, 0.6) is 5.75 Å². The fraction of sp³-hybridized carbons (Fsp3) is 0.368. The highest BCUT2D eigenvalue weighted by atomic mass is 16.5. The van der Waals surface area contributed by atoms with Crippen molar-refractivity contribution in [3.8, 4) is 5.75 Å². The SMILES string of the molecule is Cc1cc(N2CCN(C(=O)C(C)Oc3ccccc3)CC2)nc2nncn12. The third-order valence-corrected chi connectivity index (χ3v) is 4.78. The Morgan fingerprint density at radius 2 is 1.89 bits per heavy atom. The molecule has 8 heteroatoms. The van der Waals surface area contributed by atoms with Crippen molar-refractivity contribution in [2.24, 2.45) is 0 Å². The first kappa shape index (κ1) is 17.3. The number of carbonyl (C=O) groups is 1. The van der Waals surface area contributed by atoms with Crippen LogP contribution in [0.25, 0.3) is 5.78 Å². The van der Waals surface area contributed by atoms with Crippen LogP contribution in [0.15, 0.2) is 42.7 Å². The number of benzene rings is 1. The smallest absolute Gasteiger partial charge is 0.263 e. The minimum atomic E-state index is -0.508. The second kappa shape index (κ2) is 7.22. The Kier molecular flexibility index (Phi) is 4.62. The van der Waals surface area contributed by atoms with E-state index in [0.717, 1.165) is 24.6 Å². The molecule has 0 spiro atoms. The molecule has 27 heavy (non-hydrogen) atoms. The molecule has 1 aromatic carbocycles. The molecular weight excluding hydrogens is 344 g/mol. The Labute approximate surface area is 157 Å². The van der Waals surface area contributed by atoms with Gasteiger partial charge in [-0.05, 0) is 26.0 Å². The van der Waals surface area contributed by atoms with E-state index in [1.54, 1.807) is 13.3 Å². The first-order valence-electron chi connectivity index (χ1n) is 9.04. The van der Waals surface area contributed by atoms with Crippen LogP contribution in [-0.4, -0.2) is 62.7 Å². The van der Waals surface area contributed by atoms with Gasteiger partial charge in [-0.2, -0.15) is 4.98 Å². The van der Waals surface area contributed by atoms with Gasteiger partial charge in [-0.3, -0.25) is 9.20 Å². The zero-order valence-corrected chi connectivity index (χ0v) is 15.4. The third-order valence-electron chi connectivity index (χ3n) is 4.78. The van der Waals surface area contributed by atoms with E-state index >= 15 is 0 Å². The zero-order valence-electron chi connectivity index (χ0n) is 15.4. The summed E-state index contributed by atoms with van der Waals surface area (Å²) in [5.74, 6) is 2.18. The molecule has 0 saturated carbocycles. The van der Waals surface area contributed by atoms with Gasteiger partial charge in [0.1, 0.15) is 17.9 Å². The molecule has 2 aromatic heterocycles. The molecule has 3 heterocycles. The van der Waals surface area contributed by atoms with Crippen molar-refractivity contribution >= 4 is 17.5 Å². The summed E-state index contributed by atoms with van der Waals surface area (Å²) >= 11 is 0. The molecule has 0 N–H and O–H groups in total. The summed E-state index contributed by atoms with van der Waals surface area (Å²) in [4.78, 5) is 21.3. The van der Waals surface area contributed by atoms with E-state index in [-0.39, 0.29) is 5.91 Å². The maximum atomic E-state index is 12.7. The summed E-state index contributed by atoms with van der Waals surface area (Å²) in [5.41, 5.74) is 1.03. The van der Waals surface area contributed by atoms with Crippen LogP contribution in [-0.2, 0) is 4.79 Å². The monoisotopic (exact) mass is 366 g/mol. The lowest BCUT2D eigenvalue weighted by Gasteiger charge is -2.36. The van der Waals surface area contributed by atoms with E-state index in [1.807, 2.05) is 52.6 Å². The Morgan fingerprint density at radius 3 is 2.63 bits per heavy atom. The summed E-state index contributed by atoms with van der Waals surface area (Å²) in [6.45, 7) is 6.52. The number of fused-ring (bicyclic) bond motifs is 1. The van der Waals surface area contributed by atoms with Crippen molar-refractivity contribution in [2.45, 2.75) is 20.0 Å². The third kappa shape index (κ3) is 3.55. The molecule has 140 valence electrons. The van der Waals surface area contributed by atoms with Gasteiger partial charge in [0, 0.05) is 37.9 Å². The summed E-state index contributed by atoms with van der Waals surface area (Å²) < 4.78 is 7.61. The number of hydrogen-bond donors (Lipinski definition) is 0. The number of rotatable bonds is 4. The van der Waals surface area contributed by atoms with Gasteiger partial charge in [0.15, 0.2) is 6.10 Å². The van der Waals surface area contributed by atoms with Gasteiger partial charge in [-0.15, -0.1) is 10.2 Å². The molecule has 1 unspecified atom stereocenters. The predicted molar refractivity (Wildman–Crippen MR) is 101 cm³/mol. The fourth-order valence-corrected chi connectivity index (χ4v) is 3.27. The Morgan fingerprint density at radius 1 is 1.15 bits per heavy atom. The van der Waals surface area contributed by atoms with Gasteiger partial charge in [-0.1, -0.05) is 18.2 Å². The van der Waals surface area contributed by atoms with Crippen molar-refractivity contribution in [1.29, 1.82) is 0 Å². The average molecular weight is 366 g/mol. The summed E-state index contributed by atoms with van der Waals surface area (Å²) in [5, 5.41) is 7.94. The zero-order chi connectivity index (χ0) is 18.8. The average Bonchev–Trinajstić information content (AvgIpc) is 3.17. The molecular formula is C19H22N6O2. The van der Waals surface area contributed by atoms with Crippen molar-refractivity contribution in [3.05, 3.63) is 48.4 Å². The lowest BCUT2D eigenvalue weighted by atomic mass is 10.2. The Hall–Kier alpha value is -3.16. The molecule has 1 atom stereocenters. The number of aryl methyl sites for hydroxylation is 1. The van der Waals surface area contributed by atoms with Crippen LogP contribution in [0.2, 0.25) is 0 Å². The standard InChI is InChI=1S/C19H22N6O2/c1-14-12-17(21-19-22-20-13-25(14)19)23-8-10-24(11-9-23)18(26)15(2)27-16-6-4-3-5-7-16/h3-7,12-13,15H,8-11H2,1-2H3. The number of aromatic nitrogens is 4. The highest BCUT2D eigenvalue weighted by Gasteiger charge is 2.26. The molecule has 0 aliphatic carbocycles. The minimum Gasteiger partial charge on any atom is -0.481 e. The second-order valence-electron chi connectivity index (χ2n) is 6.64. The maximum absolute atomic E-state index is 12.7. The van der Waals surface area contributed by atoms with Gasteiger partial charge in [0.05, 0.1) is 0 Å². The minimum absolute atomic E-state index is 0.00977. The first-order valence-corrected chi connectivity index (χ1v) is 9.04. The van der Waals surface area contributed by atoms with Crippen molar-refractivity contribution in [2.75, 3.05) is 31.1 Å². The molecule has 1 aliphatic rings. The first-order chi connectivity index (χ1) is 13.1. The number of ether oxygens (including phenoxy) is 1. The molecule has 1 aliphatic heterocycles. The maximum Gasteiger partial charge on any atom is 0.263 e. The fourth-order valence-electron chi connectivity index (χ4n) is 3.27. The van der Waals surface area contributed by atoms with Gasteiger partial charge in [0.2, 0.25) is 0 Å². The molecule has 4 rings (SSSR count). The molecule has 8 nitrogen and oxygen atoms in total. The van der Waals surface area contributed by atoms with Crippen LogP contribution < -0.4 is 9.64 Å². The number of piperazine rings is 1. The molecule has 3 aromatic rings. The number of anilines is 1. The Balaban J connectivity index is 1.38. The quantitative estimate of drug-likeness (QED) is 0.697. The van der Waals surface area contributed by atoms with Crippen LogP contribution in [0.1, 0.15) is 12.6 Å². The van der Waals surface area contributed by atoms with E-state index in [0.29, 0.717) is 24.6 Å². The number of hydrogen-bond acceptors (Lipinski definition) is 6. The van der Waals surface area contributed by atoms with Gasteiger partial charge < -0.3 is 14.5 Å². The predicted octanol–water partition coefficient (Wildman–Crippen LogP) is 1.55. The summed E-state index contributed by atoms with van der Waals surface area (Å²) in [6, 6.07) is 11.5. The van der Waals surface area contributed by atoms with E-state index in [4.69, 9.17) is 4.74 Å². The second-order valence-corrected chi connectivity index (χ2v) is 6.64. The van der Waals surface area contributed by atoms with Crippen molar-refractivity contribution < 1.29 is 9.53 Å². The largest absolute Gasteiger partial charge is 0.481 e. The molecule has 0 bridgehead atoms. The summed E-state index contributed by atoms with van der Waals surface area (Å²) in [6.07, 6.45) is 1.15. The van der Waals surface area contributed by atoms with E-state index < -0.39 is 6.10 Å². The number of carbonyl (C=O) groups excluding carboxylic acids is 1. The molecule has 0 radical (unpaired) electrons. The van der Waals surface area contributed by atoms with Crippen molar-refractivity contribution in [1.82, 2.24) is 24.5 Å². The number of nitrogens with zero attached hydrogens (tertiary/aromatic N) is 6. The number of amides is 1. The highest BCUT2D eigenvalue weighted by Crippen LogP contribution is 2.18. The van der Waals surface area contributed by atoms with E-state index in [9.17, 15) is 4.79 Å². The van der Waals surface area contributed by atoms with Gasteiger partial charge in [0.25, 0.3) is 11.7 Å². The van der Waals surface area contributed by atoms with E-state index in [2.05, 4.69) is 20.1 Å². The van der Waals surface area contributed by atoms with Crippen LogP contribution in [0.4, 0.5) is 5.82 Å². The van der Waals surface area contributed by atoms with Crippen molar-refractivity contribution in [3.63, 3.8) is 0 Å². The highest BCUT2D eigenvalue weighted by molar-refractivity contribution is 5.81. The normalized spacial score (nSPS) is 15.8. The Bertz CT molecular complexity index is 934. The molecule has 1 saturated heterocycles. The van der Waals surface area contributed by atoms with Crippen LogP contribution in [0, 0.1) is 6.92 Å². The van der Waals surface area contributed by atoms with Gasteiger partial charge >= 0.3 is 0 Å². The van der Waals surface area contributed by atoms with Gasteiger partial charge in [-0.25, -0.2) is 0 Å². The summed E-state index contributed by atoms with van der Waals surface area (Å²) in [7, 11) is 0. The van der Waals surface area contributed by atoms with Crippen LogP contribution in [0.3, 0.4) is 0 Å². The molecule has 1 amide bonds. The van der Waals surface area contributed by atoms with E-state index in [1.165, 1.54) is 0 Å². The van der Waals surface area contributed by atoms with Crippen LogP contribution >= 0.6 is 0 Å². The lowest BCUT2D eigenvalue weighted by molar-refractivity contribution is -0.138.